The Hall–Kier alpha value is -1.33. The van der Waals surface area contributed by atoms with Gasteiger partial charge in [-0.2, -0.15) is 5.26 Å². The van der Waals surface area contributed by atoms with Gasteiger partial charge in [-0.25, -0.2) is 0 Å². The molecule has 2 nitrogen and oxygen atoms in total. The fourth-order valence-electron chi connectivity index (χ4n) is 1.98. The first-order chi connectivity index (χ1) is 6.85. The van der Waals surface area contributed by atoms with Crippen molar-refractivity contribution in [3.63, 3.8) is 0 Å². The van der Waals surface area contributed by atoms with Crippen molar-refractivity contribution in [3.05, 3.63) is 35.4 Å². The predicted octanol–water partition coefficient (Wildman–Crippen LogP) is 1.88. The first-order valence-corrected chi connectivity index (χ1v) is 5.00. The summed E-state index contributed by atoms with van der Waals surface area (Å²) in [5, 5.41) is 12.0. The largest absolute Gasteiger partial charge is 0.319 e. The zero-order chi connectivity index (χ0) is 9.97. The maximum absolute atomic E-state index is 8.77. The third-order valence-electron chi connectivity index (χ3n) is 2.83. The maximum atomic E-state index is 8.77. The summed E-state index contributed by atoms with van der Waals surface area (Å²) in [5.74, 6) is 1.45. The van der Waals surface area contributed by atoms with Crippen LogP contribution in [0.5, 0.6) is 0 Å². The topological polar surface area (TPSA) is 35.8 Å². The molecule has 0 bridgehead atoms. The Morgan fingerprint density at radius 3 is 3.14 bits per heavy atom. The van der Waals surface area contributed by atoms with Crippen LogP contribution in [0.3, 0.4) is 0 Å². The summed E-state index contributed by atoms with van der Waals surface area (Å²) in [4.78, 5) is 0. The van der Waals surface area contributed by atoms with E-state index in [4.69, 9.17) is 5.26 Å². The zero-order valence-corrected chi connectivity index (χ0v) is 8.33. The third-order valence-corrected chi connectivity index (χ3v) is 2.83. The molecule has 0 amide bonds. The van der Waals surface area contributed by atoms with Crippen molar-refractivity contribution in [2.75, 3.05) is 13.6 Å². The molecule has 0 heterocycles. The Bertz CT molecular complexity index is 365. The van der Waals surface area contributed by atoms with Crippen molar-refractivity contribution >= 4 is 0 Å². The van der Waals surface area contributed by atoms with Crippen LogP contribution in [0.2, 0.25) is 0 Å². The SMILES string of the molecule is CNCC1CC1c1cccc(C#N)c1. The van der Waals surface area contributed by atoms with Gasteiger partial charge in [0.25, 0.3) is 0 Å². The van der Waals surface area contributed by atoms with Gasteiger partial charge in [-0.15, -0.1) is 0 Å². The molecule has 0 aliphatic heterocycles. The van der Waals surface area contributed by atoms with Crippen LogP contribution in [0.15, 0.2) is 24.3 Å². The molecule has 1 saturated carbocycles. The Kier molecular flexibility index (Phi) is 2.51. The molecule has 2 rings (SSSR count). The highest BCUT2D eigenvalue weighted by Gasteiger charge is 2.37. The summed E-state index contributed by atoms with van der Waals surface area (Å²) in [6.45, 7) is 1.08. The summed E-state index contributed by atoms with van der Waals surface area (Å²) < 4.78 is 0. The fraction of sp³-hybridized carbons (Fsp3) is 0.417. The molecule has 72 valence electrons. The second kappa shape index (κ2) is 3.81. The molecule has 1 fully saturated rings. The van der Waals surface area contributed by atoms with Crippen molar-refractivity contribution in [2.24, 2.45) is 5.92 Å². The highest BCUT2D eigenvalue weighted by molar-refractivity contribution is 5.36. The molecule has 1 aromatic carbocycles. The van der Waals surface area contributed by atoms with Gasteiger partial charge in [0.15, 0.2) is 0 Å². The highest BCUT2D eigenvalue weighted by atomic mass is 14.8. The average molecular weight is 186 g/mol. The number of hydrogen-bond acceptors (Lipinski definition) is 2. The standard InChI is InChI=1S/C12H14N2/c1-14-8-11-6-12(11)10-4-2-3-9(5-10)7-13/h2-5,11-12,14H,6,8H2,1H3. The van der Waals surface area contributed by atoms with E-state index in [1.165, 1.54) is 12.0 Å². The number of nitrogens with zero attached hydrogens (tertiary/aromatic N) is 1. The lowest BCUT2D eigenvalue weighted by atomic mass is 10.1. The first-order valence-electron chi connectivity index (χ1n) is 5.00. The molecule has 2 atom stereocenters. The van der Waals surface area contributed by atoms with Crippen LogP contribution < -0.4 is 5.32 Å². The molecule has 0 aromatic heterocycles. The number of nitrogens with one attached hydrogen (secondary N) is 1. The zero-order valence-electron chi connectivity index (χ0n) is 8.33. The van der Waals surface area contributed by atoms with Crippen LogP contribution in [0.1, 0.15) is 23.5 Å². The van der Waals surface area contributed by atoms with Gasteiger partial charge >= 0.3 is 0 Å². The Morgan fingerprint density at radius 1 is 1.57 bits per heavy atom. The molecule has 0 radical (unpaired) electrons. The fourth-order valence-corrected chi connectivity index (χ4v) is 1.98. The maximum Gasteiger partial charge on any atom is 0.0991 e. The van der Waals surface area contributed by atoms with Gasteiger partial charge in [0, 0.05) is 0 Å². The summed E-state index contributed by atoms with van der Waals surface area (Å²) in [7, 11) is 1.99. The summed E-state index contributed by atoms with van der Waals surface area (Å²) in [6.07, 6.45) is 1.26. The van der Waals surface area contributed by atoms with E-state index in [-0.39, 0.29) is 0 Å². The molecule has 0 saturated heterocycles. The van der Waals surface area contributed by atoms with E-state index in [2.05, 4.69) is 17.5 Å². The molecule has 2 unspecified atom stereocenters. The van der Waals surface area contributed by atoms with E-state index in [1.807, 2.05) is 25.2 Å². The van der Waals surface area contributed by atoms with Gasteiger partial charge in [-0.05, 0) is 49.5 Å². The molecular weight excluding hydrogens is 172 g/mol. The average Bonchev–Trinajstić information content (AvgIpc) is 2.98. The van der Waals surface area contributed by atoms with Gasteiger partial charge in [0.1, 0.15) is 0 Å². The minimum atomic E-state index is 0.677. The molecule has 1 aromatic rings. The molecule has 0 spiro atoms. The first kappa shape index (κ1) is 9.23. The lowest BCUT2D eigenvalue weighted by molar-refractivity contribution is 0.698. The second-order valence-corrected chi connectivity index (χ2v) is 3.90. The predicted molar refractivity (Wildman–Crippen MR) is 55.9 cm³/mol. The lowest BCUT2D eigenvalue weighted by Gasteiger charge is -2.00. The van der Waals surface area contributed by atoms with Gasteiger partial charge in [0.2, 0.25) is 0 Å². The normalized spacial score (nSPS) is 24.3. The monoisotopic (exact) mass is 186 g/mol. The van der Waals surface area contributed by atoms with E-state index in [0.717, 1.165) is 18.0 Å². The van der Waals surface area contributed by atoms with Crippen LogP contribution in [0.4, 0.5) is 0 Å². The van der Waals surface area contributed by atoms with Gasteiger partial charge < -0.3 is 5.32 Å². The van der Waals surface area contributed by atoms with Crippen LogP contribution in [-0.4, -0.2) is 13.6 Å². The van der Waals surface area contributed by atoms with E-state index >= 15 is 0 Å². The molecule has 1 aliphatic rings. The van der Waals surface area contributed by atoms with Crippen LogP contribution in [-0.2, 0) is 0 Å². The molecule has 14 heavy (non-hydrogen) atoms. The summed E-state index contributed by atoms with van der Waals surface area (Å²) >= 11 is 0. The van der Waals surface area contributed by atoms with E-state index < -0.39 is 0 Å². The van der Waals surface area contributed by atoms with Crippen molar-refractivity contribution in [3.8, 4) is 6.07 Å². The summed E-state index contributed by atoms with van der Waals surface area (Å²) in [5.41, 5.74) is 2.10. The Balaban J connectivity index is 2.08. The smallest absolute Gasteiger partial charge is 0.0991 e. The van der Waals surface area contributed by atoms with Crippen molar-refractivity contribution < 1.29 is 0 Å². The third kappa shape index (κ3) is 1.78. The molecule has 1 aliphatic carbocycles. The Morgan fingerprint density at radius 2 is 2.43 bits per heavy atom. The number of benzene rings is 1. The highest BCUT2D eigenvalue weighted by Crippen LogP contribution is 2.46. The van der Waals surface area contributed by atoms with E-state index in [1.54, 1.807) is 0 Å². The van der Waals surface area contributed by atoms with Crippen LogP contribution in [0, 0.1) is 17.2 Å². The number of nitriles is 1. The minimum absolute atomic E-state index is 0.677. The van der Waals surface area contributed by atoms with Gasteiger partial charge in [-0.3, -0.25) is 0 Å². The second-order valence-electron chi connectivity index (χ2n) is 3.90. The minimum Gasteiger partial charge on any atom is -0.319 e. The van der Waals surface area contributed by atoms with Crippen molar-refractivity contribution in [1.29, 1.82) is 5.26 Å². The summed E-state index contributed by atoms with van der Waals surface area (Å²) in [6, 6.07) is 10.2. The van der Waals surface area contributed by atoms with Gasteiger partial charge in [0.05, 0.1) is 11.6 Å². The van der Waals surface area contributed by atoms with Gasteiger partial charge in [-0.1, -0.05) is 12.1 Å². The van der Waals surface area contributed by atoms with Crippen molar-refractivity contribution in [1.82, 2.24) is 5.32 Å². The molecule has 2 heteroatoms. The lowest BCUT2D eigenvalue weighted by Crippen LogP contribution is -2.10. The molecule has 1 N–H and O–H groups in total. The van der Waals surface area contributed by atoms with Crippen LogP contribution in [0.25, 0.3) is 0 Å². The van der Waals surface area contributed by atoms with E-state index in [0.29, 0.717) is 5.92 Å². The molecular formula is C12H14N2. The number of rotatable bonds is 3. The Labute approximate surface area is 84.6 Å². The van der Waals surface area contributed by atoms with Crippen molar-refractivity contribution in [2.45, 2.75) is 12.3 Å². The quantitative estimate of drug-likeness (QED) is 0.782. The number of hydrogen-bond donors (Lipinski definition) is 1. The van der Waals surface area contributed by atoms with Crippen LogP contribution >= 0.6 is 0 Å². The van der Waals surface area contributed by atoms with E-state index in [9.17, 15) is 0 Å².